The number of benzene rings is 2. The summed E-state index contributed by atoms with van der Waals surface area (Å²) >= 11 is 1.36. The molecule has 0 saturated carbocycles. The van der Waals surface area contributed by atoms with Gasteiger partial charge in [0.05, 0.1) is 0 Å². The number of allylic oxidation sites excluding steroid dienone is 4. The molecule has 170 valence electrons. The van der Waals surface area contributed by atoms with Crippen LogP contribution in [0.15, 0.2) is 77.4 Å². The van der Waals surface area contributed by atoms with Crippen LogP contribution in [0.25, 0.3) is 21.9 Å². The zero-order valence-corrected chi connectivity index (χ0v) is 24.4. The predicted molar refractivity (Wildman–Crippen MR) is 142 cm³/mol. The number of aryl methyl sites for hydroxylation is 1. The van der Waals surface area contributed by atoms with Gasteiger partial charge in [0.2, 0.25) is 0 Å². The van der Waals surface area contributed by atoms with Crippen molar-refractivity contribution in [3.63, 3.8) is 0 Å². The maximum absolute atomic E-state index is 3.36. The summed E-state index contributed by atoms with van der Waals surface area (Å²) in [6.07, 6.45) is 7.06. The standard InChI is InChI=1S/C19H19.C9H13.2CH3.Si.Zr/c1-2-3-7-15-8-6-10-17(14-15)19-13-12-16-9-4-5-11-18(16)19;1-6-5-7(2)9(4)8(6)3;;;;/h4-6,8-14H,2-3,7H2,1H3;6H,1-4H3;2*1H3;;/q4*-1;;. The summed E-state index contributed by atoms with van der Waals surface area (Å²) in [6, 6.07) is 22.0. The second-order valence-corrected chi connectivity index (χ2v) is 7.94. The minimum absolute atomic E-state index is 0. The minimum atomic E-state index is 0. The first kappa shape index (κ1) is 30.6. The van der Waals surface area contributed by atoms with Gasteiger partial charge in [0, 0.05) is 0 Å². The van der Waals surface area contributed by atoms with Gasteiger partial charge in [-0.05, 0) is 18.4 Å². The molecule has 0 saturated heterocycles. The van der Waals surface area contributed by atoms with Gasteiger partial charge in [-0.1, -0.05) is 75.9 Å². The molecule has 2 radical (unpaired) electrons. The molecule has 2 heteroatoms. The van der Waals surface area contributed by atoms with Crippen LogP contribution in [0.3, 0.4) is 0 Å². The number of rotatable bonds is 4. The molecule has 0 aromatic heterocycles. The molecular formula is C30H38SiZr-4. The molecule has 32 heavy (non-hydrogen) atoms. The van der Waals surface area contributed by atoms with Crippen molar-refractivity contribution in [1.29, 1.82) is 0 Å². The molecule has 1 aliphatic carbocycles. The molecule has 0 nitrogen and oxygen atoms in total. The van der Waals surface area contributed by atoms with Gasteiger partial charge in [-0.2, -0.15) is 11.1 Å². The van der Waals surface area contributed by atoms with Gasteiger partial charge >= 0.3 is 30.2 Å². The second kappa shape index (κ2) is 15.5. The van der Waals surface area contributed by atoms with Crippen LogP contribution in [-0.2, 0) is 29.8 Å². The normalized spacial score (nSPS) is 14.2. The first-order valence-corrected chi connectivity index (χ1v) is 15.0. The van der Waals surface area contributed by atoms with Gasteiger partial charge in [-0.3, -0.25) is 6.08 Å². The number of hydrogen-bond donors (Lipinski definition) is 0. The van der Waals surface area contributed by atoms with E-state index in [1.165, 1.54) is 86.8 Å². The molecule has 0 heterocycles. The fraction of sp³-hybridized carbons (Fsp3) is 0.300. The van der Waals surface area contributed by atoms with Gasteiger partial charge in [-0.15, -0.1) is 53.6 Å². The summed E-state index contributed by atoms with van der Waals surface area (Å²) < 4.78 is 0. The zero-order chi connectivity index (χ0) is 22.1. The van der Waals surface area contributed by atoms with Crippen molar-refractivity contribution in [1.82, 2.24) is 0 Å². The summed E-state index contributed by atoms with van der Waals surface area (Å²) in [4.78, 5) is 0. The second-order valence-electron chi connectivity index (χ2n) is 7.94. The monoisotopic (exact) mass is 516 g/mol. The van der Waals surface area contributed by atoms with Gasteiger partial charge in [0.15, 0.2) is 0 Å². The molecule has 0 bridgehead atoms. The van der Waals surface area contributed by atoms with Crippen molar-refractivity contribution in [3.05, 3.63) is 104 Å². The molecule has 0 N–H and O–H groups in total. The fourth-order valence-electron chi connectivity index (χ4n) is 3.84. The molecule has 3 aromatic carbocycles. The van der Waals surface area contributed by atoms with Crippen molar-refractivity contribution in [2.45, 2.75) is 53.9 Å². The van der Waals surface area contributed by atoms with Crippen LogP contribution >= 0.6 is 0 Å². The summed E-state index contributed by atoms with van der Waals surface area (Å²) in [5.74, 6) is 0.560. The average molecular weight is 518 g/mol. The first-order chi connectivity index (χ1) is 14.5. The van der Waals surface area contributed by atoms with Gasteiger partial charge < -0.3 is 14.9 Å². The van der Waals surface area contributed by atoms with Gasteiger partial charge in [0.25, 0.3) is 0 Å². The Morgan fingerprint density at radius 2 is 1.69 bits per heavy atom. The molecule has 0 aliphatic heterocycles. The molecule has 0 fully saturated rings. The van der Waals surface area contributed by atoms with Crippen molar-refractivity contribution in [3.8, 4) is 11.1 Å². The van der Waals surface area contributed by atoms with E-state index in [0.717, 1.165) is 0 Å². The molecule has 1 unspecified atom stereocenters. The molecule has 4 rings (SSSR count). The fourth-order valence-corrected chi connectivity index (χ4v) is 3.84. The van der Waals surface area contributed by atoms with E-state index in [-0.39, 0.29) is 14.9 Å². The molecular weight excluding hydrogens is 480 g/mol. The van der Waals surface area contributed by atoms with E-state index in [2.05, 4.69) is 108 Å². The molecule has 3 aromatic rings. The Bertz CT molecular complexity index is 1020. The molecule has 1 atom stereocenters. The SMILES string of the molecule is CC1=[C-]C(C)C(C)=C1C.CCCCc1cccc(-c2c[cH-]c3ccccc23)c1.[CH3-].[CH3-].[Si]=[Zr]. The Labute approximate surface area is 214 Å². The van der Waals surface area contributed by atoms with E-state index in [4.69, 9.17) is 0 Å². The third-order valence-electron chi connectivity index (χ3n) is 5.97. The molecule has 0 amide bonds. The van der Waals surface area contributed by atoms with Gasteiger partial charge in [0.1, 0.15) is 0 Å². The average Bonchev–Trinajstić information content (AvgIpc) is 3.31. The Balaban J connectivity index is 0.000000632. The maximum atomic E-state index is 3.36. The Morgan fingerprint density at radius 1 is 1.00 bits per heavy atom. The van der Waals surface area contributed by atoms with E-state index in [9.17, 15) is 0 Å². The quantitative estimate of drug-likeness (QED) is 0.239. The molecule has 1 aliphatic rings. The third kappa shape index (κ3) is 7.89. The third-order valence-corrected chi connectivity index (χ3v) is 5.97. The Hall–Kier alpha value is -1.37. The van der Waals surface area contributed by atoms with Crippen LogP contribution in [0.1, 0.15) is 53.0 Å². The van der Waals surface area contributed by atoms with E-state index in [1.807, 2.05) is 0 Å². The Morgan fingerprint density at radius 3 is 2.25 bits per heavy atom. The number of unbranched alkanes of at least 4 members (excludes halogenated alkanes) is 1. The van der Waals surface area contributed by atoms with Crippen LogP contribution in [-0.4, -0.2) is 6.88 Å². The van der Waals surface area contributed by atoms with Crippen molar-refractivity contribution in [2.24, 2.45) is 5.92 Å². The van der Waals surface area contributed by atoms with Crippen LogP contribution in [0, 0.1) is 26.8 Å². The van der Waals surface area contributed by atoms with E-state index < -0.39 is 0 Å². The first-order valence-electron chi connectivity index (χ1n) is 10.8. The number of fused-ring (bicyclic) bond motifs is 1. The summed E-state index contributed by atoms with van der Waals surface area (Å²) in [5.41, 5.74) is 8.39. The summed E-state index contributed by atoms with van der Waals surface area (Å²) in [5, 5.41) is 2.69. The topological polar surface area (TPSA) is 0 Å². The van der Waals surface area contributed by atoms with E-state index in [1.54, 1.807) is 0 Å². The van der Waals surface area contributed by atoms with Crippen LogP contribution < -0.4 is 0 Å². The van der Waals surface area contributed by atoms with Crippen molar-refractivity contribution in [2.75, 3.05) is 0 Å². The van der Waals surface area contributed by atoms with Gasteiger partial charge in [-0.25, -0.2) is 5.57 Å². The summed E-state index contributed by atoms with van der Waals surface area (Å²) in [7, 11) is 0. The molecule has 0 spiro atoms. The summed E-state index contributed by atoms with van der Waals surface area (Å²) in [6.45, 7) is 14.0. The van der Waals surface area contributed by atoms with E-state index >= 15 is 0 Å². The van der Waals surface area contributed by atoms with Crippen molar-refractivity contribution >= 4 is 17.7 Å². The zero-order valence-electron chi connectivity index (χ0n) is 21.0. The van der Waals surface area contributed by atoms with Crippen LogP contribution in [0.2, 0.25) is 0 Å². The van der Waals surface area contributed by atoms with Crippen molar-refractivity contribution < 1.29 is 23.3 Å². The Kier molecular flexibility index (Phi) is 14.8. The van der Waals surface area contributed by atoms with Crippen LogP contribution in [0.4, 0.5) is 0 Å². The number of hydrogen-bond acceptors (Lipinski definition) is 0. The predicted octanol–water partition coefficient (Wildman–Crippen LogP) is 8.81. The van der Waals surface area contributed by atoms with E-state index in [0.29, 0.717) is 5.92 Å². The van der Waals surface area contributed by atoms with Crippen LogP contribution in [0.5, 0.6) is 0 Å².